The zero-order valence-corrected chi connectivity index (χ0v) is 16.2. The van der Waals surface area contributed by atoms with Crippen LogP contribution in [0.1, 0.15) is 19.4 Å². The molecule has 0 saturated carbocycles. The van der Waals surface area contributed by atoms with Gasteiger partial charge in [-0.2, -0.15) is 0 Å². The second kappa shape index (κ2) is 12.7. The van der Waals surface area contributed by atoms with Crippen LogP contribution < -0.4 is 10.6 Å². The number of ether oxygens (including phenoxy) is 2. The molecule has 2 N–H and O–H groups in total. The highest BCUT2D eigenvalue weighted by atomic mass is 16.5. The highest BCUT2D eigenvalue weighted by molar-refractivity contribution is 5.79. The maximum absolute atomic E-state index is 5.71. The summed E-state index contributed by atoms with van der Waals surface area (Å²) in [5, 5.41) is 6.65. The Labute approximate surface area is 158 Å². The predicted molar refractivity (Wildman–Crippen MR) is 107 cm³/mol. The summed E-state index contributed by atoms with van der Waals surface area (Å²) in [6.07, 6.45) is 0. The Balaban J connectivity index is 1.63. The quantitative estimate of drug-likeness (QED) is 0.377. The molecule has 0 radical (unpaired) electrons. The minimum atomic E-state index is 0.526. The molecule has 26 heavy (non-hydrogen) atoms. The fourth-order valence-electron chi connectivity index (χ4n) is 2.88. The van der Waals surface area contributed by atoms with E-state index in [1.54, 1.807) is 0 Å². The van der Waals surface area contributed by atoms with E-state index in [-0.39, 0.29) is 0 Å². The largest absolute Gasteiger partial charge is 0.379 e. The molecule has 0 aromatic heterocycles. The van der Waals surface area contributed by atoms with Crippen molar-refractivity contribution in [2.24, 2.45) is 10.9 Å². The number of rotatable bonds is 10. The van der Waals surface area contributed by atoms with Crippen LogP contribution in [0.5, 0.6) is 0 Å². The molecule has 0 aliphatic carbocycles. The zero-order chi connectivity index (χ0) is 18.5. The first-order chi connectivity index (χ1) is 12.8. The minimum absolute atomic E-state index is 0.526. The first-order valence-corrected chi connectivity index (χ1v) is 9.72. The Morgan fingerprint density at radius 1 is 1.23 bits per heavy atom. The van der Waals surface area contributed by atoms with Gasteiger partial charge < -0.3 is 20.1 Å². The van der Waals surface area contributed by atoms with Gasteiger partial charge in [0.25, 0.3) is 0 Å². The second-order valence-electron chi connectivity index (χ2n) is 6.70. The number of benzene rings is 1. The number of aliphatic imine (C=N–C) groups is 1. The van der Waals surface area contributed by atoms with E-state index in [9.17, 15) is 0 Å². The average Bonchev–Trinajstić information content (AvgIpc) is 2.67. The fraction of sp³-hybridized carbons (Fsp3) is 0.650. The van der Waals surface area contributed by atoms with Gasteiger partial charge in [-0.15, -0.1) is 0 Å². The molecule has 1 fully saturated rings. The highest BCUT2D eigenvalue weighted by Crippen LogP contribution is 2.04. The lowest BCUT2D eigenvalue weighted by Gasteiger charge is -2.28. The van der Waals surface area contributed by atoms with Crippen LogP contribution in [-0.2, 0) is 16.1 Å². The fourth-order valence-corrected chi connectivity index (χ4v) is 2.88. The van der Waals surface area contributed by atoms with Gasteiger partial charge >= 0.3 is 0 Å². The molecule has 1 aliphatic rings. The van der Waals surface area contributed by atoms with Crippen molar-refractivity contribution in [3.8, 4) is 0 Å². The van der Waals surface area contributed by atoms with Gasteiger partial charge in [-0.05, 0) is 18.4 Å². The summed E-state index contributed by atoms with van der Waals surface area (Å²) in [7, 11) is 0. The Kier molecular flexibility index (Phi) is 10.1. The Bertz CT molecular complexity index is 504. The number of nitrogens with one attached hydrogen (secondary N) is 2. The third kappa shape index (κ3) is 8.65. The molecular formula is C20H34N4O2. The SMILES string of the molecule is CCNC(=NCC(C)CN1CCOCC1)NCCOCc1ccccc1. The molecule has 6 nitrogen and oxygen atoms in total. The molecule has 6 heteroatoms. The Morgan fingerprint density at radius 2 is 2.00 bits per heavy atom. The molecule has 1 heterocycles. The number of morpholine rings is 1. The molecule has 0 bridgehead atoms. The third-order valence-corrected chi connectivity index (χ3v) is 4.23. The van der Waals surface area contributed by atoms with Gasteiger partial charge in [0, 0.05) is 39.3 Å². The van der Waals surface area contributed by atoms with Crippen molar-refractivity contribution in [2.45, 2.75) is 20.5 Å². The first kappa shape index (κ1) is 20.7. The van der Waals surface area contributed by atoms with Crippen molar-refractivity contribution in [3.05, 3.63) is 35.9 Å². The van der Waals surface area contributed by atoms with Crippen molar-refractivity contribution in [2.75, 3.05) is 59.1 Å². The summed E-state index contributed by atoms with van der Waals surface area (Å²) in [6, 6.07) is 10.2. The zero-order valence-electron chi connectivity index (χ0n) is 16.2. The lowest BCUT2D eigenvalue weighted by atomic mass is 10.1. The smallest absolute Gasteiger partial charge is 0.191 e. The maximum Gasteiger partial charge on any atom is 0.191 e. The van der Waals surface area contributed by atoms with Crippen LogP contribution in [-0.4, -0.2) is 69.9 Å². The molecule has 1 aromatic carbocycles. The van der Waals surface area contributed by atoms with Crippen LogP contribution in [0.3, 0.4) is 0 Å². The number of guanidine groups is 1. The predicted octanol–water partition coefficient (Wildman–Crippen LogP) is 1.73. The number of nitrogens with zero attached hydrogens (tertiary/aromatic N) is 2. The standard InChI is InChI=1S/C20H34N4O2/c1-3-21-20(22-9-12-26-17-19-7-5-4-6-8-19)23-15-18(2)16-24-10-13-25-14-11-24/h4-8,18H,3,9-17H2,1-2H3,(H2,21,22,23). The van der Waals surface area contributed by atoms with Crippen LogP contribution in [0.4, 0.5) is 0 Å². The van der Waals surface area contributed by atoms with E-state index in [4.69, 9.17) is 14.5 Å². The number of hydrogen-bond acceptors (Lipinski definition) is 4. The summed E-state index contributed by atoms with van der Waals surface area (Å²) in [6.45, 7) is 12.9. The first-order valence-electron chi connectivity index (χ1n) is 9.72. The van der Waals surface area contributed by atoms with E-state index in [0.29, 0.717) is 19.1 Å². The molecule has 146 valence electrons. The van der Waals surface area contributed by atoms with E-state index >= 15 is 0 Å². The summed E-state index contributed by atoms with van der Waals surface area (Å²) < 4.78 is 11.1. The monoisotopic (exact) mass is 362 g/mol. The summed E-state index contributed by atoms with van der Waals surface area (Å²) in [5.41, 5.74) is 1.20. The average molecular weight is 363 g/mol. The third-order valence-electron chi connectivity index (χ3n) is 4.23. The van der Waals surface area contributed by atoms with Crippen LogP contribution in [0.15, 0.2) is 35.3 Å². The van der Waals surface area contributed by atoms with E-state index < -0.39 is 0 Å². The van der Waals surface area contributed by atoms with Crippen molar-refractivity contribution in [1.29, 1.82) is 0 Å². The molecule has 1 saturated heterocycles. The number of hydrogen-bond donors (Lipinski definition) is 2. The second-order valence-corrected chi connectivity index (χ2v) is 6.70. The van der Waals surface area contributed by atoms with Gasteiger partial charge in [0.15, 0.2) is 5.96 Å². The van der Waals surface area contributed by atoms with Crippen LogP contribution in [0.25, 0.3) is 0 Å². The Morgan fingerprint density at radius 3 is 2.73 bits per heavy atom. The molecule has 2 rings (SSSR count). The van der Waals surface area contributed by atoms with E-state index in [1.165, 1.54) is 5.56 Å². The molecule has 0 spiro atoms. The van der Waals surface area contributed by atoms with Gasteiger partial charge in [0.2, 0.25) is 0 Å². The van der Waals surface area contributed by atoms with Crippen molar-refractivity contribution >= 4 is 5.96 Å². The van der Waals surface area contributed by atoms with Gasteiger partial charge in [0.1, 0.15) is 0 Å². The van der Waals surface area contributed by atoms with E-state index in [1.807, 2.05) is 18.2 Å². The molecule has 0 amide bonds. The van der Waals surface area contributed by atoms with Crippen LogP contribution >= 0.6 is 0 Å². The van der Waals surface area contributed by atoms with Crippen LogP contribution in [0.2, 0.25) is 0 Å². The minimum Gasteiger partial charge on any atom is -0.379 e. The molecular weight excluding hydrogens is 328 g/mol. The van der Waals surface area contributed by atoms with Crippen molar-refractivity contribution in [3.63, 3.8) is 0 Å². The van der Waals surface area contributed by atoms with E-state index in [0.717, 1.165) is 58.4 Å². The van der Waals surface area contributed by atoms with E-state index in [2.05, 4.69) is 41.5 Å². The molecule has 1 unspecified atom stereocenters. The highest BCUT2D eigenvalue weighted by Gasteiger charge is 2.13. The summed E-state index contributed by atoms with van der Waals surface area (Å²) in [4.78, 5) is 7.18. The lowest BCUT2D eigenvalue weighted by Crippen LogP contribution is -2.41. The van der Waals surface area contributed by atoms with Gasteiger partial charge in [-0.25, -0.2) is 0 Å². The summed E-state index contributed by atoms with van der Waals surface area (Å²) in [5.74, 6) is 1.39. The van der Waals surface area contributed by atoms with Crippen LogP contribution in [0, 0.1) is 5.92 Å². The van der Waals surface area contributed by atoms with Crippen molar-refractivity contribution in [1.82, 2.24) is 15.5 Å². The Hall–Kier alpha value is -1.63. The van der Waals surface area contributed by atoms with Gasteiger partial charge in [-0.1, -0.05) is 37.3 Å². The lowest BCUT2D eigenvalue weighted by molar-refractivity contribution is 0.0323. The summed E-state index contributed by atoms with van der Waals surface area (Å²) >= 11 is 0. The molecule has 1 atom stereocenters. The molecule has 1 aromatic rings. The van der Waals surface area contributed by atoms with Crippen molar-refractivity contribution < 1.29 is 9.47 Å². The van der Waals surface area contributed by atoms with Gasteiger partial charge in [-0.3, -0.25) is 9.89 Å². The normalized spacial score (nSPS) is 17.1. The topological polar surface area (TPSA) is 58.1 Å². The van der Waals surface area contributed by atoms with Gasteiger partial charge in [0.05, 0.1) is 26.4 Å². The molecule has 1 aliphatic heterocycles. The maximum atomic E-state index is 5.71.